The van der Waals surface area contributed by atoms with Gasteiger partial charge in [-0.3, -0.25) is 4.79 Å². The zero-order valence-electron chi connectivity index (χ0n) is 14.5. The summed E-state index contributed by atoms with van der Waals surface area (Å²) in [4.78, 5) is 14.8. The molecule has 7 heteroatoms. The summed E-state index contributed by atoms with van der Waals surface area (Å²) in [6.45, 7) is 4.37. The minimum atomic E-state index is -0.288. The zero-order valence-corrected chi connectivity index (χ0v) is 15.4. The molecule has 1 saturated heterocycles. The summed E-state index contributed by atoms with van der Waals surface area (Å²) >= 11 is 0. The van der Waals surface area contributed by atoms with E-state index in [1.54, 1.807) is 23.0 Å². The first-order valence-corrected chi connectivity index (χ1v) is 8.34. The van der Waals surface area contributed by atoms with Crippen LogP contribution < -0.4 is 5.32 Å². The molecule has 0 spiro atoms. The average Bonchev–Trinajstić information content (AvgIpc) is 2.97. The monoisotopic (exact) mass is 366 g/mol. The van der Waals surface area contributed by atoms with Crippen LogP contribution in [0.1, 0.15) is 28.9 Å². The summed E-state index contributed by atoms with van der Waals surface area (Å²) in [5.41, 5.74) is 2.14. The molecule has 2 aromatic rings. The van der Waals surface area contributed by atoms with Crippen LogP contribution in [0.15, 0.2) is 30.5 Å². The maximum Gasteiger partial charge on any atom is 0.257 e. The normalized spacial score (nSPS) is 17.2. The molecule has 25 heavy (non-hydrogen) atoms. The molecule has 5 nitrogen and oxygen atoms in total. The molecule has 0 aliphatic carbocycles. The van der Waals surface area contributed by atoms with Gasteiger partial charge in [0.2, 0.25) is 0 Å². The topological polar surface area (TPSA) is 50.2 Å². The fraction of sp³-hybridized carbons (Fsp3) is 0.444. The van der Waals surface area contributed by atoms with Crippen LogP contribution in [0.5, 0.6) is 0 Å². The van der Waals surface area contributed by atoms with Crippen LogP contribution in [-0.4, -0.2) is 47.3 Å². The van der Waals surface area contributed by atoms with Crippen LogP contribution in [0.25, 0.3) is 5.69 Å². The molecule has 136 valence electrons. The highest BCUT2D eigenvalue weighted by molar-refractivity contribution is 5.95. The molecule has 2 heterocycles. The maximum absolute atomic E-state index is 13.1. The Morgan fingerprint density at radius 3 is 2.76 bits per heavy atom. The van der Waals surface area contributed by atoms with Gasteiger partial charge in [-0.2, -0.15) is 5.10 Å². The maximum atomic E-state index is 13.1. The SMILES string of the molecule is CNCC1CCCN(C(=O)c2cnn(-c3ccc(F)cc3)c2C)C1.Cl. The number of piperidine rings is 1. The van der Waals surface area contributed by atoms with Crippen LogP contribution in [0.4, 0.5) is 4.39 Å². The summed E-state index contributed by atoms with van der Waals surface area (Å²) in [5, 5.41) is 7.51. The van der Waals surface area contributed by atoms with Crippen LogP contribution in [0.2, 0.25) is 0 Å². The van der Waals surface area contributed by atoms with Gasteiger partial charge in [-0.25, -0.2) is 9.07 Å². The first-order chi connectivity index (χ1) is 11.6. The Kier molecular flexibility index (Phi) is 6.56. The van der Waals surface area contributed by atoms with E-state index in [1.165, 1.54) is 12.1 Å². The molecular weight excluding hydrogens is 343 g/mol. The van der Waals surface area contributed by atoms with Crippen molar-refractivity contribution >= 4 is 18.3 Å². The van der Waals surface area contributed by atoms with Gasteiger partial charge in [0.1, 0.15) is 5.82 Å². The summed E-state index contributed by atoms with van der Waals surface area (Å²) in [5.74, 6) is 0.241. The number of rotatable bonds is 4. The van der Waals surface area contributed by atoms with Crippen molar-refractivity contribution in [3.8, 4) is 5.69 Å². The number of nitrogens with zero attached hydrogens (tertiary/aromatic N) is 3. The highest BCUT2D eigenvalue weighted by Crippen LogP contribution is 2.21. The number of amides is 1. The fourth-order valence-corrected chi connectivity index (χ4v) is 3.34. The van der Waals surface area contributed by atoms with Gasteiger partial charge in [-0.15, -0.1) is 12.4 Å². The first kappa shape index (κ1) is 19.4. The van der Waals surface area contributed by atoms with Crippen LogP contribution >= 0.6 is 12.4 Å². The average molecular weight is 367 g/mol. The molecular formula is C18H24ClFN4O. The lowest BCUT2D eigenvalue weighted by molar-refractivity contribution is 0.0673. The number of benzene rings is 1. The Morgan fingerprint density at radius 1 is 1.36 bits per heavy atom. The number of aromatic nitrogens is 2. The molecule has 1 amide bonds. The molecule has 1 unspecified atom stereocenters. The molecule has 1 aromatic heterocycles. The summed E-state index contributed by atoms with van der Waals surface area (Å²) in [6, 6.07) is 6.11. The van der Waals surface area contributed by atoms with Crippen LogP contribution in [-0.2, 0) is 0 Å². The van der Waals surface area contributed by atoms with Gasteiger partial charge in [-0.1, -0.05) is 0 Å². The Morgan fingerprint density at radius 2 is 2.08 bits per heavy atom. The number of nitrogens with one attached hydrogen (secondary N) is 1. The highest BCUT2D eigenvalue weighted by Gasteiger charge is 2.26. The van der Waals surface area contributed by atoms with Gasteiger partial charge in [0.05, 0.1) is 23.1 Å². The van der Waals surface area contributed by atoms with Gasteiger partial charge < -0.3 is 10.2 Å². The predicted octanol–water partition coefficient (Wildman–Crippen LogP) is 2.81. The number of hydrogen-bond donors (Lipinski definition) is 1. The van der Waals surface area contributed by atoms with Crippen LogP contribution in [0.3, 0.4) is 0 Å². The molecule has 0 saturated carbocycles. The third kappa shape index (κ3) is 4.19. The Hall–Kier alpha value is -1.92. The second kappa shape index (κ2) is 8.45. The van der Waals surface area contributed by atoms with Crippen molar-refractivity contribution in [2.24, 2.45) is 5.92 Å². The van der Waals surface area contributed by atoms with E-state index in [0.717, 1.165) is 43.9 Å². The van der Waals surface area contributed by atoms with E-state index in [9.17, 15) is 9.18 Å². The van der Waals surface area contributed by atoms with E-state index in [-0.39, 0.29) is 24.1 Å². The zero-order chi connectivity index (χ0) is 17.1. The van der Waals surface area contributed by atoms with Crippen molar-refractivity contribution in [3.05, 3.63) is 47.5 Å². The lowest BCUT2D eigenvalue weighted by Crippen LogP contribution is -2.42. The standard InChI is InChI=1S/C18H23FN4O.ClH/c1-13-17(11-21-23(13)16-7-5-15(19)6-8-16)18(24)22-9-3-4-14(12-22)10-20-2;/h5-8,11,14,20H,3-4,9-10,12H2,1-2H3;1H. The van der Waals surface area contributed by atoms with Gasteiger partial charge in [0.15, 0.2) is 0 Å². The van der Waals surface area contributed by atoms with E-state index in [4.69, 9.17) is 0 Å². The van der Waals surface area contributed by atoms with Crippen molar-refractivity contribution in [2.45, 2.75) is 19.8 Å². The van der Waals surface area contributed by atoms with E-state index in [2.05, 4.69) is 10.4 Å². The minimum absolute atomic E-state index is 0. The summed E-state index contributed by atoms with van der Waals surface area (Å²) in [7, 11) is 1.94. The van der Waals surface area contributed by atoms with Gasteiger partial charge >= 0.3 is 0 Å². The largest absolute Gasteiger partial charge is 0.338 e. The predicted molar refractivity (Wildman–Crippen MR) is 98.1 cm³/mol. The van der Waals surface area contributed by atoms with E-state index >= 15 is 0 Å². The van der Waals surface area contributed by atoms with Gasteiger partial charge in [-0.05, 0) is 63.5 Å². The van der Waals surface area contributed by atoms with Crippen molar-refractivity contribution in [2.75, 3.05) is 26.7 Å². The van der Waals surface area contributed by atoms with Crippen molar-refractivity contribution in [1.82, 2.24) is 20.0 Å². The molecule has 1 aliphatic rings. The van der Waals surface area contributed by atoms with Gasteiger partial charge in [0.25, 0.3) is 5.91 Å². The van der Waals surface area contributed by atoms with Crippen LogP contribution in [0, 0.1) is 18.7 Å². The number of halogens is 2. The van der Waals surface area contributed by atoms with E-state index in [1.807, 2.05) is 18.9 Å². The Labute approximate surface area is 153 Å². The van der Waals surface area contributed by atoms with Crippen molar-refractivity contribution in [3.63, 3.8) is 0 Å². The second-order valence-corrected chi connectivity index (χ2v) is 6.35. The highest BCUT2D eigenvalue weighted by atomic mass is 35.5. The molecule has 1 aromatic carbocycles. The Bertz CT molecular complexity index is 714. The summed E-state index contributed by atoms with van der Waals surface area (Å²) in [6.07, 6.45) is 3.80. The minimum Gasteiger partial charge on any atom is -0.338 e. The molecule has 1 N–H and O–H groups in total. The lowest BCUT2D eigenvalue weighted by atomic mass is 9.97. The quantitative estimate of drug-likeness (QED) is 0.905. The summed E-state index contributed by atoms with van der Waals surface area (Å²) < 4.78 is 14.8. The Balaban J connectivity index is 0.00000225. The third-order valence-corrected chi connectivity index (χ3v) is 4.61. The van der Waals surface area contributed by atoms with E-state index < -0.39 is 0 Å². The number of carbonyl (C=O) groups is 1. The lowest BCUT2D eigenvalue weighted by Gasteiger charge is -2.32. The molecule has 3 rings (SSSR count). The smallest absolute Gasteiger partial charge is 0.257 e. The fourth-order valence-electron chi connectivity index (χ4n) is 3.34. The molecule has 0 bridgehead atoms. The third-order valence-electron chi connectivity index (χ3n) is 4.61. The van der Waals surface area contributed by atoms with E-state index in [0.29, 0.717) is 11.5 Å². The molecule has 0 radical (unpaired) electrons. The molecule has 1 aliphatic heterocycles. The van der Waals surface area contributed by atoms with Gasteiger partial charge in [0, 0.05) is 13.1 Å². The second-order valence-electron chi connectivity index (χ2n) is 6.35. The molecule has 1 fully saturated rings. The number of carbonyl (C=O) groups excluding carboxylic acids is 1. The first-order valence-electron chi connectivity index (χ1n) is 8.34. The van der Waals surface area contributed by atoms with Crippen molar-refractivity contribution in [1.29, 1.82) is 0 Å². The number of hydrogen-bond acceptors (Lipinski definition) is 3. The van der Waals surface area contributed by atoms with Crippen molar-refractivity contribution < 1.29 is 9.18 Å². The number of likely N-dealkylation sites (tertiary alicyclic amines) is 1. The molecule has 1 atom stereocenters.